The molecule has 0 aromatic carbocycles. The lowest BCUT2D eigenvalue weighted by atomic mass is 9.92. The van der Waals surface area contributed by atoms with Gasteiger partial charge in [0.1, 0.15) is 11.6 Å². The SMILES string of the molecule is CC(C)C1(CNc2cc(C(F)(F)F)cc(N)n2)CC1. The molecule has 0 aliphatic heterocycles. The first-order chi connectivity index (χ1) is 8.73. The van der Waals surface area contributed by atoms with Gasteiger partial charge in [-0.2, -0.15) is 13.2 Å². The Hall–Kier alpha value is -1.46. The molecular weight excluding hydrogens is 255 g/mol. The Morgan fingerprint density at radius 3 is 2.47 bits per heavy atom. The third-order valence-corrected chi connectivity index (χ3v) is 3.91. The monoisotopic (exact) mass is 273 g/mol. The molecule has 0 spiro atoms. The summed E-state index contributed by atoms with van der Waals surface area (Å²) in [7, 11) is 0. The highest BCUT2D eigenvalue weighted by Crippen LogP contribution is 2.51. The zero-order chi connectivity index (χ0) is 14.3. The van der Waals surface area contributed by atoms with E-state index in [2.05, 4.69) is 24.1 Å². The lowest BCUT2D eigenvalue weighted by Crippen LogP contribution is -2.21. The van der Waals surface area contributed by atoms with Crippen LogP contribution in [0.3, 0.4) is 0 Å². The fraction of sp³-hybridized carbons (Fsp3) is 0.615. The summed E-state index contributed by atoms with van der Waals surface area (Å²) in [5.41, 5.74) is 4.85. The number of nitrogens with one attached hydrogen (secondary N) is 1. The van der Waals surface area contributed by atoms with E-state index in [4.69, 9.17) is 5.73 Å². The molecule has 19 heavy (non-hydrogen) atoms. The van der Waals surface area contributed by atoms with E-state index in [1.807, 2.05) is 0 Å². The van der Waals surface area contributed by atoms with Crippen molar-refractivity contribution in [2.45, 2.75) is 32.9 Å². The number of pyridine rings is 1. The van der Waals surface area contributed by atoms with E-state index in [0.717, 1.165) is 25.0 Å². The quantitative estimate of drug-likeness (QED) is 0.882. The van der Waals surface area contributed by atoms with Gasteiger partial charge in [-0.05, 0) is 36.3 Å². The molecule has 2 rings (SSSR count). The minimum absolute atomic E-state index is 0.119. The number of rotatable bonds is 4. The molecule has 1 saturated carbocycles. The second kappa shape index (κ2) is 4.58. The van der Waals surface area contributed by atoms with Gasteiger partial charge in [-0.3, -0.25) is 0 Å². The van der Waals surface area contributed by atoms with Crippen LogP contribution in [0.2, 0.25) is 0 Å². The molecule has 6 heteroatoms. The maximum Gasteiger partial charge on any atom is 0.416 e. The number of nitrogens with zero attached hydrogens (tertiary/aromatic N) is 1. The average molecular weight is 273 g/mol. The number of hydrogen-bond acceptors (Lipinski definition) is 3. The summed E-state index contributed by atoms with van der Waals surface area (Å²) in [4.78, 5) is 3.90. The van der Waals surface area contributed by atoms with E-state index < -0.39 is 11.7 Å². The van der Waals surface area contributed by atoms with Gasteiger partial charge in [0.2, 0.25) is 0 Å². The molecule has 1 aromatic rings. The van der Waals surface area contributed by atoms with Crippen LogP contribution in [-0.4, -0.2) is 11.5 Å². The number of halogens is 3. The van der Waals surface area contributed by atoms with Crippen LogP contribution in [0.25, 0.3) is 0 Å². The van der Waals surface area contributed by atoms with Crippen molar-refractivity contribution in [3.05, 3.63) is 17.7 Å². The Labute approximate surface area is 110 Å². The Bertz CT molecular complexity index is 465. The Balaban J connectivity index is 2.11. The average Bonchev–Trinajstić information content (AvgIpc) is 3.05. The van der Waals surface area contributed by atoms with Crippen molar-refractivity contribution in [2.24, 2.45) is 11.3 Å². The fourth-order valence-electron chi connectivity index (χ4n) is 2.19. The van der Waals surface area contributed by atoms with Crippen LogP contribution >= 0.6 is 0 Å². The first-order valence-electron chi connectivity index (χ1n) is 6.32. The second-order valence-electron chi connectivity index (χ2n) is 5.53. The van der Waals surface area contributed by atoms with E-state index in [-0.39, 0.29) is 17.1 Å². The number of hydrogen-bond donors (Lipinski definition) is 2. The molecule has 1 aliphatic rings. The predicted molar refractivity (Wildman–Crippen MR) is 68.6 cm³/mol. The standard InChI is InChI=1S/C13H18F3N3/c1-8(2)12(3-4-12)7-18-11-6-9(13(14,15)16)5-10(17)19-11/h5-6,8H,3-4,7H2,1-2H3,(H3,17,18,19). The molecule has 0 radical (unpaired) electrons. The van der Waals surface area contributed by atoms with Gasteiger partial charge in [0, 0.05) is 6.54 Å². The van der Waals surface area contributed by atoms with Crippen molar-refractivity contribution in [1.82, 2.24) is 4.98 Å². The molecule has 0 saturated heterocycles. The number of nitrogens with two attached hydrogens (primary N) is 1. The molecule has 0 bridgehead atoms. The molecule has 0 unspecified atom stereocenters. The zero-order valence-electron chi connectivity index (χ0n) is 11.0. The summed E-state index contributed by atoms with van der Waals surface area (Å²) in [5, 5.41) is 2.99. The summed E-state index contributed by atoms with van der Waals surface area (Å²) >= 11 is 0. The first kappa shape index (κ1) is 14.0. The maximum absolute atomic E-state index is 12.7. The maximum atomic E-state index is 12.7. The number of nitrogen functional groups attached to an aromatic ring is 1. The van der Waals surface area contributed by atoms with Crippen molar-refractivity contribution in [3.8, 4) is 0 Å². The number of aromatic nitrogens is 1. The Morgan fingerprint density at radius 1 is 1.37 bits per heavy atom. The molecule has 3 N–H and O–H groups in total. The molecule has 1 heterocycles. The van der Waals surface area contributed by atoms with Crippen molar-refractivity contribution in [1.29, 1.82) is 0 Å². The van der Waals surface area contributed by atoms with Crippen LogP contribution in [0.1, 0.15) is 32.3 Å². The normalized spacial score (nSPS) is 17.6. The van der Waals surface area contributed by atoms with E-state index >= 15 is 0 Å². The Morgan fingerprint density at radius 2 is 2.00 bits per heavy atom. The molecule has 0 atom stereocenters. The van der Waals surface area contributed by atoms with E-state index in [9.17, 15) is 13.2 Å². The van der Waals surface area contributed by atoms with Crippen molar-refractivity contribution >= 4 is 11.6 Å². The van der Waals surface area contributed by atoms with Gasteiger partial charge in [0.05, 0.1) is 5.56 Å². The minimum atomic E-state index is -4.40. The lowest BCUT2D eigenvalue weighted by molar-refractivity contribution is -0.137. The second-order valence-corrected chi connectivity index (χ2v) is 5.53. The highest BCUT2D eigenvalue weighted by Gasteiger charge is 2.45. The lowest BCUT2D eigenvalue weighted by Gasteiger charge is -2.20. The van der Waals surface area contributed by atoms with E-state index in [1.165, 1.54) is 0 Å². The van der Waals surface area contributed by atoms with Crippen LogP contribution in [0.15, 0.2) is 12.1 Å². The molecular formula is C13H18F3N3. The van der Waals surface area contributed by atoms with Gasteiger partial charge in [-0.1, -0.05) is 13.8 Å². The molecule has 3 nitrogen and oxygen atoms in total. The van der Waals surface area contributed by atoms with Gasteiger partial charge >= 0.3 is 6.18 Å². The van der Waals surface area contributed by atoms with Gasteiger partial charge in [-0.25, -0.2) is 4.98 Å². The van der Waals surface area contributed by atoms with Gasteiger partial charge in [-0.15, -0.1) is 0 Å². The van der Waals surface area contributed by atoms with Gasteiger partial charge < -0.3 is 11.1 Å². The Kier molecular flexibility index (Phi) is 3.36. The number of alkyl halides is 3. The van der Waals surface area contributed by atoms with Crippen LogP contribution in [0.5, 0.6) is 0 Å². The summed E-state index contributed by atoms with van der Waals surface area (Å²) in [6.07, 6.45) is -2.19. The molecule has 1 aromatic heterocycles. The third kappa shape index (κ3) is 3.11. The van der Waals surface area contributed by atoms with Crippen molar-refractivity contribution in [2.75, 3.05) is 17.6 Å². The fourth-order valence-corrected chi connectivity index (χ4v) is 2.19. The highest BCUT2D eigenvalue weighted by atomic mass is 19.4. The van der Waals surface area contributed by atoms with Crippen LogP contribution in [-0.2, 0) is 6.18 Å². The largest absolute Gasteiger partial charge is 0.416 e. The third-order valence-electron chi connectivity index (χ3n) is 3.91. The van der Waals surface area contributed by atoms with Crippen LogP contribution in [0, 0.1) is 11.3 Å². The van der Waals surface area contributed by atoms with Crippen LogP contribution in [0.4, 0.5) is 24.8 Å². The molecule has 106 valence electrons. The van der Waals surface area contributed by atoms with Gasteiger partial charge in [0.15, 0.2) is 0 Å². The summed E-state index contributed by atoms with van der Waals surface area (Å²) in [5.74, 6) is 0.578. The topological polar surface area (TPSA) is 50.9 Å². The van der Waals surface area contributed by atoms with Gasteiger partial charge in [0.25, 0.3) is 0 Å². The zero-order valence-corrected chi connectivity index (χ0v) is 11.0. The van der Waals surface area contributed by atoms with Crippen molar-refractivity contribution < 1.29 is 13.2 Å². The highest BCUT2D eigenvalue weighted by molar-refractivity contribution is 5.47. The molecule has 1 aliphatic carbocycles. The summed E-state index contributed by atoms with van der Waals surface area (Å²) in [6, 6.07) is 1.85. The summed E-state index contributed by atoms with van der Waals surface area (Å²) in [6.45, 7) is 4.89. The van der Waals surface area contributed by atoms with E-state index in [0.29, 0.717) is 12.5 Å². The first-order valence-corrected chi connectivity index (χ1v) is 6.32. The number of anilines is 2. The molecule has 1 fully saturated rings. The minimum Gasteiger partial charge on any atom is -0.384 e. The van der Waals surface area contributed by atoms with Crippen molar-refractivity contribution in [3.63, 3.8) is 0 Å². The smallest absolute Gasteiger partial charge is 0.384 e. The van der Waals surface area contributed by atoms with Crippen LogP contribution < -0.4 is 11.1 Å². The molecule has 0 amide bonds. The van der Waals surface area contributed by atoms with E-state index in [1.54, 1.807) is 0 Å². The predicted octanol–water partition coefficient (Wildman–Crippen LogP) is 3.53. The summed E-state index contributed by atoms with van der Waals surface area (Å²) < 4.78 is 38.0.